The van der Waals surface area contributed by atoms with Gasteiger partial charge in [0.2, 0.25) is 10.0 Å². The molecular weight excluding hydrogens is 448 g/mol. The number of hydrogen-bond donors (Lipinski definition) is 1. The maximum absolute atomic E-state index is 13.9. The summed E-state index contributed by atoms with van der Waals surface area (Å²) >= 11 is 5.79. The third kappa shape index (κ3) is 4.67. The normalized spacial score (nSPS) is 13.3. The topological polar surface area (TPSA) is 93.4 Å². The molecule has 3 rings (SSSR count). The Morgan fingerprint density at radius 3 is 2.31 bits per heavy atom. The van der Waals surface area contributed by atoms with E-state index in [1.165, 1.54) is 42.7 Å². The summed E-state index contributed by atoms with van der Waals surface area (Å²) in [6, 6.07) is 10.1. The Kier molecular flexibility index (Phi) is 6.08. The highest BCUT2D eigenvalue weighted by molar-refractivity contribution is 7.92. The summed E-state index contributed by atoms with van der Waals surface area (Å²) in [4.78, 5) is -1.04. The lowest BCUT2D eigenvalue weighted by molar-refractivity contribution is 0.486. The average molecular weight is 462 g/mol. The lowest BCUT2D eigenvalue weighted by Gasteiger charge is -2.17. The zero-order valence-corrected chi connectivity index (χ0v) is 16.9. The van der Waals surface area contributed by atoms with Crippen LogP contribution in [0.25, 0.3) is 0 Å². The SMILES string of the molecule is O=S(=O)(NC[C@H](c1ccco1)S(=O)(=O)c1ccc(Cl)cc1)c1cc(F)ccc1F. The van der Waals surface area contributed by atoms with Gasteiger partial charge in [0.05, 0.1) is 11.2 Å². The van der Waals surface area contributed by atoms with Crippen molar-refractivity contribution in [3.63, 3.8) is 0 Å². The Labute approximate surface area is 171 Å². The van der Waals surface area contributed by atoms with Crippen molar-refractivity contribution in [2.75, 3.05) is 6.54 Å². The van der Waals surface area contributed by atoms with Gasteiger partial charge >= 0.3 is 0 Å². The molecule has 1 N–H and O–H groups in total. The van der Waals surface area contributed by atoms with Crippen LogP contribution >= 0.6 is 11.6 Å². The first kappa shape index (κ1) is 21.4. The molecule has 1 atom stereocenters. The Morgan fingerprint density at radius 1 is 1.00 bits per heavy atom. The Balaban J connectivity index is 1.95. The van der Waals surface area contributed by atoms with E-state index in [9.17, 15) is 25.6 Å². The van der Waals surface area contributed by atoms with E-state index >= 15 is 0 Å². The van der Waals surface area contributed by atoms with E-state index in [1.54, 1.807) is 0 Å². The van der Waals surface area contributed by atoms with E-state index in [4.69, 9.17) is 16.0 Å². The second-order valence-corrected chi connectivity index (χ2v) is 10.2. The number of furan rings is 1. The van der Waals surface area contributed by atoms with Crippen molar-refractivity contribution in [2.45, 2.75) is 15.0 Å². The van der Waals surface area contributed by atoms with Crippen LogP contribution < -0.4 is 4.72 Å². The number of rotatable bonds is 7. The lowest BCUT2D eigenvalue weighted by atomic mass is 10.3. The van der Waals surface area contributed by atoms with Gasteiger partial charge in [0.25, 0.3) is 0 Å². The largest absolute Gasteiger partial charge is 0.468 e. The smallest absolute Gasteiger partial charge is 0.243 e. The van der Waals surface area contributed by atoms with Crippen LogP contribution in [-0.4, -0.2) is 23.4 Å². The average Bonchev–Trinajstić information content (AvgIpc) is 3.18. The predicted molar refractivity (Wildman–Crippen MR) is 102 cm³/mol. The van der Waals surface area contributed by atoms with Crippen molar-refractivity contribution in [1.82, 2.24) is 4.72 Å². The molecule has 0 bridgehead atoms. The summed E-state index contributed by atoms with van der Waals surface area (Å²) in [6.07, 6.45) is 1.24. The van der Waals surface area contributed by atoms with Crippen LogP contribution in [0.5, 0.6) is 0 Å². The van der Waals surface area contributed by atoms with Gasteiger partial charge < -0.3 is 4.42 Å². The zero-order chi connectivity index (χ0) is 21.2. The molecule has 0 aliphatic heterocycles. The van der Waals surface area contributed by atoms with Crippen LogP contribution in [0.15, 0.2) is 75.1 Å². The Bertz CT molecular complexity index is 1210. The molecule has 0 saturated heterocycles. The minimum Gasteiger partial charge on any atom is -0.468 e. The first-order valence-electron chi connectivity index (χ1n) is 8.09. The molecule has 3 aromatic rings. The van der Waals surface area contributed by atoms with Gasteiger partial charge in [-0.3, -0.25) is 0 Å². The molecule has 154 valence electrons. The summed E-state index contributed by atoms with van der Waals surface area (Å²) < 4.78 is 85.4. The zero-order valence-electron chi connectivity index (χ0n) is 14.5. The first-order valence-corrected chi connectivity index (χ1v) is 11.5. The second kappa shape index (κ2) is 8.23. The molecule has 0 fully saturated rings. The quantitative estimate of drug-likeness (QED) is 0.579. The maximum atomic E-state index is 13.9. The van der Waals surface area contributed by atoms with Crippen molar-refractivity contribution in [3.05, 3.63) is 83.3 Å². The van der Waals surface area contributed by atoms with Crippen LogP contribution in [0, 0.1) is 11.6 Å². The van der Waals surface area contributed by atoms with Crippen LogP contribution in [0.3, 0.4) is 0 Å². The summed E-state index contributed by atoms with van der Waals surface area (Å²) in [7, 11) is -8.65. The Hall–Kier alpha value is -2.27. The minimum absolute atomic E-state index is 0.0256. The molecule has 0 aliphatic rings. The number of sulfonamides is 1. The number of halogens is 3. The molecule has 0 aliphatic carbocycles. The molecule has 0 radical (unpaired) electrons. The minimum atomic E-state index is -4.54. The van der Waals surface area contributed by atoms with Gasteiger partial charge in [-0.15, -0.1) is 0 Å². The standard InChI is InChI=1S/C18H14ClF2NO5S2/c19-12-3-6-14(7-4-12)28(23,24)18(16-2-1-9-27-16)11-22-29(25,26)17-10-13(20)5-8-15(17)21/h1-10,18,22H,11H2/t18-/m1/s1. The molecule has 2 aromatic carbocycles. The summed E-state index contributed by atoms with van der Waals surface area (Å²) in [6.45, 7) is -0.670. The van der Waals surface area contributed by atoms with Gasteiger partial charge in [0, 0.05) is 11.6 Å². The third-order valence-corrected chi connectivity index (χ3v) is 7.79. The Morgan fingerprint density at radius 2 is 1.69 bits per heavy atom. The highest BCUT2D eigenvalue weighted by Gasteiger charge is 2.33. The number of sulfone groups is 1. The summed E-state index contributed by atoms with van der Waals surface area (Å²) in [5.41, 5.74) is 0. The first-order chi connectivity index (χ1) is 13.6. The molecule has 11 heteroatoms. The second-order valence-electron chi connectivity index (χ2n) is 5.93. The third-order valence-electron chi connectivity index (χ3n) is 4.02. The van der Waals surface area contributed by atoms with E-state index in [0.717, 1.165) is 6.07 Å². The van der Waals surface area contributed by atoms with E-state index < -0.39 is 48.2 Å². The van der Waals surface area contributed by atoms with Gasteiger partial charge in [-0.25, -0.2) is 30.3 Å². The number of hydrogen-bond acceptors (Lipinski definition) is 5. The molecule has 6 nitrogen and oxygen atoms in total. The number of nitrogens with one attached hydrogen (secondary N) is 1. The molecule has 0 amide bonds. The van der Waals surface area contributed by atoms with Gasteiger partial charge in [0.1, 0.15) is 27.5 Å². The van der Waals surface area contributed by atoms with Crippen LogP contribution in [-0.2, 0) is 19.9 Å². The summed E-state index contributed by atoms with van der Waals surface area (Å²) in [5.74, 6) is -2.15. The van der Waals surface area contributed by atoms with Gasteiger partial charge in [-0.1, -0.05) is 11.6 Å². The molecule has 0 spiro atoms. The highest BCUT2D eigenvalue weighted by Crippen LogP contribution is 2.30. The monoisotopic (exact) mass is 461 g/mol. The van der Waals surface area contributed by atoms with Crippen molar-refractivity contribution >= 4 is 31.5 Å². The van der Waals surface area contributed by atoms with Crippen LogP contribution in [0.4, 0.5) is 8.78 Å². The fourth-order valence-electron chi connectivity index (χ4n) is 2.57. The van der Waals surface area contributed by atoms with Crippen molar-refractivity contribution in [1.29, 1.82) is 0 Å². The van der Waals surface area contributed by atoms with Crippen molar-refractivity contribution < 1.29 is 30.0 Å². The predicted octanol–water partition coefficient (Wildman–Crippen LogP) is 3.70. The molecule has 0 saturated carbocycles. The van der Waals surface area contributed by atoms with E-state index in [-0.39, 0.29) is 10.7 Å². The molecular formula is C18H14ClF2NO5S2. The van der Waals surface area contributed by atoms with Crippen molar-refractivity contribution in [3.8, 4) is 0 Å². The van der Waals surface area contributed by atoms with Gasteiger partial charge in [-0.2, -0.15) is 0 Å². The molecule has 1 heterocycles. The molecule has 1 aromatic heterocycles. The van der Waals surface area contributed by atoms with E-state index in [2.05, 4.69) is 0 Å². The highest BCUT2D eigenvalue weighted by atomic mass is 35.5. The van der Waals surface area contributed by atoms with Crippen LogP contribution in [0.2, 0.25) is 5.02 Å². The number of benzene rings is 2. The van der Waals surface area contributed by atoms with Crippen LogP contribution in [0.1, 0.15) is 11.0 Å². The lowest BCUT2D eigenvalue weighted by Crippen LogP contribution is -2.32. The van der Waals surface area contributed by atoms with Gasteiger partial charge in [-0.05, 0) is 54.6 Å². The fourth-order valence-corrected chi connectivity index (χ4v) is 5.52. The fraction of sp³-hybridized carbons (Fsp3) is 0.111. The molecule has 29 heavy (non-hydrogen) atoms. The van der Waals surface area contributed by atoms with E-state index in [1.807, 2.05) is 4.72 Å². The van der Waals surface area contributed by atoms with E-state index in [0.29, 0.717) is 17.2 Å². The maximum Gasteiger partial charge on any atom is 0.243 e. The summed E-state index contributed by atoms with van der Waals surface area (Å²) in [5, 5.41) is -1.13. The molecule has 0 unspecified atom stereocenters. The van der Waals surface area contributed by atoms with Crippen molar-refractivity contribution in [2.24, 2.45) is 0 Å². The van der Waals surface area contributed by atoms with Gasteiger partial charge in [0.15, 0.2) is 9.84 Å².